The van der Waals surface area contributed by atoms with Crippen LogP contribution in [0.2, 0.25) is 0 Å². The Morgan fingerprint density at radius 1 is 1.18 bits per heavy atom. The summed E-state index contributed by atoms with van der Waals surface area (Å²) in [6.45, 7) is 12.4. The van der Waals surface area contributed by atoms with E-state index in [1.54, 1.807) is 25.5 Å². The lowest BCUT2D eigenvalue weighted by Gasteiger charge is -2.36. The lowest BCUT2D eigenvalue weighted by molar-refractivity contribution is -0.137. The number of rotatable bonds is 5. The third-order valence-corrected chi connectivity index (χ3v) is 8.75. The van der Waals surface area contributed by atoms with Gasteiger partial charge in [0.05, 0.1) is 28.7 Å². The minimum atomic E-state index is -4.67. The fourth-order valence-electron chi connectivity index (χ4n) is 5.10. The van der Waals surface area contributed by atoms with E-state index in [2.05, 4.69) is 49.7 Å². The zero-order chi connectivity index (χ0) is 29.1. The second-order valence-corrected chi connectivity index (χ2v) is 15.3. The number of halogens is 3. The molecule has 0 spiro atoms. The predicted molar refractivity (Wildman–Crippen MR) is 153 cm³/mol. The number of aromatic nitrogens is 3. The summed E-state index contributed by atoms with van der Waals surface area (Å²) >= 11 is 0. The number of piperidine rings is 1. The predicted octanol–water partition coefficient (Wildman–Crippen LogP) is 5.41. The molecule has 2 aliphatic rings. The number of nitrogens with one attached hydrogen (secondary N) is 4. The summed E-state index contributed by atoms with van der Waals surface area (Å²) in [5.41, 5.74) is -0.440. The SMILES string of the molecule is CC1(C)CC[C@H](Nc2ncc(C(F)(F)F)c(-c3c[nH]c4c(P(C)(C)=O)c(NC5=NCC(C)(C)O5)ccc34)n2)CN1. The zero-order valence-corrected chi connectivity index (χ0v) is 24.3. The molecule has 0 amide bonds. The molecule has 2 aliphatic heterocycles. The number of nitrogens with zero attached hydrogens (tertiary/aromatic N) is 3. The van der Waals surface area contributed by atoms with Crippen LogP contribution in [0.4, 0.5) is 24.8 Å². The van der Waals surface area contributed by atoms with E-state index in [-0.39, 0.29) is 28.8 Å². The maximum atomic E-state index is 14.1. The number of benzene rings is 1. The van der Waals surface area contributed by atoms with Crippen LogP contribution in [0.25, 0.3) is 22.2 Å². The van der Waals surface area contributed by atoms with Gasteiger partial charge >= 0.3 is 6.18 Å². The fraction of sp³-hybridized carbons (Fsp3) is 0.519. The van der Waals surface area contributed by atoms with E-state index in [0.717, 1.165) is 19.0 Å². The summed E-state index contributed by atoms with van der Waals surface area (Å²) < 4.78 is 61.7. The number of hydrogen-bond donors (Lipinski definition) is 4. The molecule has 40 heavy (non-hydrogen) atoms. The molecule has 4 heterocycles. The number of fused-ring (bicyclic) bond motifs is 1. The molecule has 0 aliphatic carbocycles. The van der Waals surface area contributed by atoms with Crippen LogP contribution >= 0.6 is 7.14 Å². The van der Waals surface area contributed by atoms with Gasteiger partial charge in [0.2, 0.25) is 5.95 Å². The Kier molecular flexibility index (Phi) is 6.94. The van der Waals surface area contributed by atoms with Crippen molar-refractivity contribution in [2.24, 2.45) is 4.99 Å². The van der Waals surface area contributed by atoms with Gasteiger partial charge in [0, 0.05) is 41.5 Å². The van der Waals surface area contributed by atoms with Crippen LogP contribution < -0.4 is 21.3 Å². The van der Waals surface area contributed by atoms with E-state index in [1.807, 2.05) is 13.8 Å². The molecule has 1 saturated heterocycles. The summed E-state index contributed by atoms with van der Waals surface area (Å²) in [5.74, 6) is 0.123. The molecule has 5 rings (SSSR count). The molecule has 1 fully saturated rings. The van der Waals surface area contributed by atoms with Gasteiger partial charge in [-0.3, -0.25) is 0 Å². The Bertz CT molecular complexity index is 1510. The van der Waals surface area contributed by atoms with Gasteiger partial charge < -0.3 is 30.2 Å². The number of H-pyrrole nitrogens is 1. The van der Waals surface area contributed by atoms with Gasteiger partial charge in [-0.15, -0.1) is 0 Å². The van der Waals surface area contributed by atoms with Crippen molar-refractivity contribution < 1.29 is 22.5 Å². The van der Waals surface area contributed by atoms with E-state index < -0.39 is 24.5 Å². The molecule has 0 radical (unpaired) electrons. The normalized spacial score (nSPS) is 20.7. The number of aliphatic imine (C=N–C) groups is 1. The average Bonchev–Trinajstić information content (AvgIpc) is 3.41. The molecule has 0 bridgehead atoms. The van der Waals surface area contributed by atoms with Crippen molar-refractivity contribution in [2.45, 2.75) is 63.9 Å². The molecular formula is C27H35F3N7O2P. The van der Waals surface area contributed by atoms with Crippen LogP contribution in [0.1, 0.15) is 46.1 Å². The van der Waals surface area contributed by atoms with E-state index in [0.29, 0.717) is 41.0 Å². The number of alkyl halides is 3. The smallest absolute Gasteiger partial charge is 0.419 e. The minimum Gasteiger partial charge on any atom is -0.457 e. The molecule has 3 aromatic rings. The summed E-state index contributed by atoms with van der Waals surface area (Å²) in [7, 11) is -2.94. The first-order valence-corrected chi connectivity index (χ1v) is 15.8. The maximum Gasteiger partial charge on any atom is 0.419 e. The van der Waals surface area contributed by atoms with Crippen LogP contribution in [-0.4, -0.2) is 64.6 Å². The molecule has 216 valence electrons. The topological polar surface area (TPSA) is 116 Å². The second kappa shape index (κ2) is 9.76. The number of hydrogen-bond acceptors (Lipinski definition) is 8. The Morgan fingerprint density at radius 3 is 2.52 bits per heavy atom. The molecule has 0 unspecified atom stereocenters. The highest BCUT2D eigenvalue weighted by atomic mass is 31.2. The van der Waals surface area contributed by atoms with Gasteiger partial charge in [0.15, 0.2) is 0 Å². The summed E-state index contributed by atoms with van der Waals surface area (Å²) in [6, 6.07) is 3.66. The quantitative estimate of drug-likeness (QED) is 0.300. The molecule has 1 aromatic carbocycles. The van der Waals surface area contributed by atoms with Crippen LogP contribution in [0, 0.1) is 0 Å². The number of amidine groups is 1. The highest BCUT2D eigenvalue weighted by Crippen LogP contribution is 2.44. The first-order valence-electron chi connectivity index (χ1n) is 13.2. The molecule has 13 heteroatoms. The fourth-order valence-corrected chi connectivity index (χ4v) is 6.54. The Hall–Kier alpha value is -3.11. The molecule has 1 atom stereocenters. The van der Waals surface area contributed by atoms with Crippen molar-refractivity contribution in [3.63, 3.8) is 0 Å². The summed E-state index contributed by atoms with van der Waals surface area (Å²) in [5, 5.41) is 10.7. The van der Waals surface area contributed by atoms with Crippen molar-refractivity contribution in [1.82, 2.24) is 20.3 Å². The van der Waals surface area contributed by atoms with Gasteiger partial charge in [-0.1, -0.05) is 6.07 Å². The van der Waals surface area contributed by atoms with Crippen LogP contribution in [0.3, 0.4) is 0 Å². The number of anilines is 2. The molecular weight excluding hydrogens is 542 g/mol. The highest BCUT2D eigenvalue weighted by molar-refractivity contribution is 7.71. The Morgan fingerprint density at radius 2 is 1.93 bits per heavy atom. The van der Waals surface area contributed by atoms with E-state index >= 15 is 0 Å². The van der Waals surface area contributed by atoms with Crippen molar-refractivity contribution >= 4 is 41.0 Å². The van der Waals surface area contributed by atoms with Crippen LogP contribution in [-0.2, 0) is 15.5 Å². The molecule has 9 nitrogen and oxygen atoms in total. The Balaban J connectivity index is 1.56. The van der Waals surface area contributed by atoms with Gasteiger partial charge in [-0.2, -0.15) is 13.2 Å². The van der Waals surface area contributed by atoms with E-state index in [4.69, 9.17) is 4.74 Å². The van der Waals surface area contributed by atoms with Gasteiger partial charge in [0.25, 0.3) is 6.02 Å². The number of aromatic amines is 1. The van der Waals surface area contributed by atoms with Crippen molar-refractivity contribution in [2.75, 3.05) is 37.1 Å². The maximum absolute atomic E-state index is 14.1. The third-order valence-electron chi connectivity index (χ3n) is 7.21. The standard InChI is InChI=1S/C27H35F3N7O2P/c1-25(2)10-9-15(11-34-25)35-23-32-13-18(27(28,29)30)20(37-23)17-12-31-21-16(17)7-8-19(22(21)40(5,6)38)36-24-33-14-26(3,4)39-24/h7-8,12-13,15,31,34H,9-11,14H2,1-6H3,(H,33,36)(H,32,35,37)/t15-/m0/s1. The monoisotopic (exact) mass is 577 g/mol. The van der Waals surface area contributed by atoms with Crippen molar-refractivity contribution in [1.29, 1.82) is 0 Å². The van der Waals surface area contributed by atoms with Crippen LogP contribution in [0.5, 0.6) is 0 Å². The van der Waals surface area contributed by atoms with E-state index in [9.17, 15) is 17.7 Å². The van der Waals surface area contributed by atoms with E-state index in [1.165, 1.54) is 6.20 Å². The lowest BCUT2D eigenvalue weighted by atomic mass is 9.91. The first-order chi connectivity index (χ1) is 18.5. The molecule has 4 N–H and O–H groups in total. The Labute approximate surface area is 231 Å². The van der Waals surface area contributed by atoms with Gasteiger partial charge in [0.1, 0.15) is 18.3 Å². The zero-order valence-electron chi connectivity index (χ0n) is 23.5. The van der Waals surface area contributed by atoms with Crippen molar-refractivity contribution in [3.05, 3.63) is 30.1 Å². The summed E-state index contributed by atoms with van der Waals surface area (Å²) in [4.78, 5) is 15.8. The summed E-state index contributed by atoms with van der Waals surface area (Å²) in [6.07, 6.45) is -0.633. The lowest BCUT2D eigenvalue weighted by Crippen LogP contribution is -2.50. The van der Waals surface area contributed by atoms with Gasteiger partial charge in [-0.05, 0) is 59.9 Å². The average molecular weight is 578 g/mol. The first kappa shape index (κ1) is 28.4. The highest BCUT2D eigenvalue weighted by Gasteiger charge is 2.37. The van der Waals surface area contributed by atoms with Crippen molar-refractivity contribution in [3.8, 4) is 11.3 Å². The van der Waals surface area contributed by atoms with Gasteiger partial charge in [-0.25, -0.2) is 15.0 Å². The van der Waals surface area contributed by atoms with Crippen LogP contribution in [0.15, 0.2) is 29.5 Å². The molecule has 0 saturated carbocycles. The second-order valence-electron chi connectivity index (χ2n) is 12.1. The third kappa shape index (κ3) is 5.83. The largest absolute Gasteiger partial charge is 0.457 e. The number of ether oxygens (including phenoxy) is 1. The molecule has 2 aromatic heterocycles. The minimum absolute atomic E-state index is 0.00445.